The average molecular weight is 371 g/mol. The molecule has 1 aliphatic rings. The number of aromatic nitrogens is 1. The van der Waals surface area contributed by atoms with E-state index in [1.165, 1.54) is 0 Å². The predicted octanol–water partition coefficient (Wildman–Crippen LogP) is 3.70. The van der Waals surface area contributed by atoms with Gasteiger partial charge in [-0.2, -0.15) is 0 Å². The smallest absolute Gasteiger partial charge is 0.273 e. The molecule has 26 heavy (non-hydrogen) atoms. The van der Waals surface area contributed by atoms with Crippen molar-refractivity contribution in [1.29, 1.82) is 0 Å². The van der Waals surface area contributed by atoms with Gasteiger partial charge in [-0.3, -0.25) is 4.79 Å². The Bertz CT molecular complexity index is 954. The third-order valence-corrected chi connectivity index (χ3v) is 4.22. The Kier molecular flexibility index (Phi) is 4.50. The molecule has 0 atom stereocenters. The van der Waals surface area contributed by atoms with Gasteiger partial charge in [0.05, 0.1) is 0 Å². The van der Waals surface area contributed by atoms with Crippen molar-refractivity contribution < 1.29 is 18.8 Å². The van der Waals surface area contributed by atoms with Crippen molar-refractivity contribution in [2.45, 2.75) is 6.42 Å². The summed E-state index contributed by atoms with van der Waals surface area (Å²) < 4.78 is 15.9. The second kappa shape index (κ2) is 7.09. The first-order valence-corrected chi connectivity index (χ1v) is 8.46. The second-order valence-corrected chi connectivity index (χ2v) is 6.22. The van der Waals surface area contributed by atoms with Crippen LogP contribution in [-0.4, -0.2) is 24.4 Å². The maximum Gasteiger partial charge on any atom is 0.273 e. The van der Waals surface area contributed by atoms with Crippen molar-refractivity contribution in [2.24, 2.45) is 0 Å². The van der Waals surface area contributed by atoms with Crippen LogP contribution in [0.25, 0.3) is 11.3 Å². The molecule has 1 aliphatic heterocycles. The molecule has 0 unspecified atom stereocenters. The highest BCUT2D eigenvalue weighted by molar-refractivity contribution is 6.30. The minimum absolute atomic E-state index is 0.227. The molecule has 0 aliphatic carbocycles. The molecule has 0 spiro atoms. The van der Waals surface area contributed by atoms with Gasteiger partial charge in [0.25, 0.3) is 5.91 Å². The third kappa shape index (κ3) is 3.50. The number of ether oxygens (including phenoxy) is 2. The van der Waals surface area contributed by atoms with E-state index in [2.05, 4.69) is 10.5 Å². The van der Waals surface area contributed by atoms with Crippen molar-refractivity contribution >= 4 is 17.5 Å². The number of rotatable bonds is 5. The van der Waals surface area contributed by atoms with Crippen LogP contribution in [0, 0.1) is 0 Å². The van der Waals surface area contributed by atoms with Crippen LogP contribution in [0.15, 0.2) is 53.1 Å². The maximum atomic E-state index is 12.2. The Morgan fingerprint density at radius 1 is 1.12 bits per heavy atom. The van der Waals surface area contributed by atoms with E-state index < -0.39 is 0 Å². The van der Waals surface area contributed by atoms with E-state index in [9.17, 15) is 4.79 Å². The molecule has 1 N–H and O–H groups in total. The van der Waals surface area contributed by atoms with Crippen LogP contribution in [0.4, 0.5) is 0 Å². The van der Waals surface area contributed by atoms with Gasteiger partial charge in [0.1, 0.15) is 0 Å². The average Bonchev–Trinajstić information content (AvgIpc) is 3.31. The summed E-state index contributed by atoms with van der Waals surface area (Å²) in [6, 6.07) is 14.5. The van der Waals surface area contributed by atoms with Crippen molar-refractivity contribution in [3.05, 3.63) is 64.8 Å². The Labute approximate surface area is 154 Å². The summed E-state index contributed by atoms with van der Waals surface area (Å²) in [4.78, 5) is 12.2. The molecule has 0 bridgehead atoms. The number of hydrogen-bond acceptors (Lipinski definition) is 5. The summed E-state index contributed by atoms with van der Waals surface area (Å²) in [6.45, 7) is 0.717. The van der Waals surface area contributed by atoms with Gasteiger partial charge in [-0.1, -0.05) is 35.0 Å². The van der Waals surface area contributed by atoms with Crippen LogP contribution in [-0.2, 0) is 6.42 Å². The molecule has 1 amide bonds. The second-order valence-electron chi connectivity index (χ2n) is 5.78. The van der Waals surface area contributed by atoms with Crippen LogP contribution in [0.1, 0.15) is 16.1 Å². The molecule has 0 saturated carbocycles. The fourth-order valence-corrected chi connectivity index (χ4v) is 2.86. The molecule has 2 aromatic carbocycles. The number of carbonyl (C=O) groups is 1. The Morgan fingerprint density at radius 2 is 2.00 bits per heavy atom. The fraction of sp³-hybridized carbons (Fsp3) is 0.158. The standard InChI is InChI=1S/C19H15ClN2O4/c20-14-3-1-2-13(9-14)17-10-15(22-26-17)19(23)21-7-6-12-4-5-16-18(8-12)25-11-24-16/h1-5,8-10H,6-7,11H2,(H,21,23). The van der Waals surface area contributed by atoms with Gasteiger partial charge in [-0.25, -0.2) is 0 Å². The van der Waals surface area contributed by atoms with Crippen molar-refractivity contribution in [2.75, 3.05) is 13.3 Å². The topological polar surface area (TPSA) is 73.6 Å². The lowest BCUT2D eigenvalue weighted by Crippen LogP contribution is -2.25. The molecular formula is C19H15ClN2O4. The molecule has 3 aromatic rings. The van der Waals surface area contributed by atoms with Gasteiger partial charge in [0.2, 0.25) is 6.79 Å². The number of benzene rings is 2. The SMILES string of the molecule is O=C(NCCc1ccc2c(c1)OCO2)c1cc(-c2cccc(Cl)c2)on1. The molecule has 1 aromatic heterocycles. The number of amides is 1. The van der Waals surface area contributed by atoms with E-state index >= 15 is 0 Å². The van der Waals surface area contributed by atoms with Crippen LogP contribution in [0.5, 0.6) is 11.5 Å². The number of fused-ring (bicyclic) bond motifs is 1. The van der Waals surface area contributed by atoms with Crippen LogP contribution in [0.3, 0.4) is 0 Å². The zero-order valence-electron chi connectivity index (χ0n) is 13.7. The highest BCUT2D eigenvalue weighted by Crippen LogP contribution is 2.32. The number of nitrogens with zero attached hydrogens (tertiary/aromatic N) is 1. The number of hydrogen-bond donors (Lipinski definition) is 1. The summed E-state index contributed by atoms with van der Waals surface area (Å²) in [5.74, 6) is 1.68. The Morgan fingerprint density at radius 3 is 2.88 bits per heavy atom. The minimum Gasteiger partial charge on any atom is -0.454 e. The van der Waals surface area contributed by atoms with Crippen LogP contribution >= 0.6 is 11.6 Å². The van der Waals surface area contributed by atoms with E-state index in [4.69, 9.17) is 25.6 Å². The van der Waals surface area contributed by atoms with Crippen molar-refractivity contribution in [3.8, 4) is 22.8 Å². The predicted molar refractivity (Wildman–Crippen MR) is 95.6 cm³/mol. The number of carbonyl (C=O) groups excluding carboxylic acids is 1. The lowest BCUT2D eigenvalue weighted by Gasteiger charge is -2.04. The third-order valence-electron chi connectivity index (χ3n) is 3.99. The van der Waals surface area contributed by atoms with Crippen LogP contribution in [0.2, 0.25) is 5.02 Å². The molecule has 7 heteroatoms. The van der Waals surface area contributed by atoms with Crippen LogP contribution < -0.4 is 14.8 Å². The molecular weight excluding hydrogens is 356 g/mol. The van der Waals surface area contributed by atoms with Gasteiger partial charge in [-0.15, -0.1) is 0 Å². The quantitative estimate of drug-likeness (QED) is 0.741. The van der Waals surface area contributed by atoms with Crippen molar-refractivity contribution in [3.63, 3.8) is 0 Å². The van der Waals surface area contributed by atoms with E-state index in [0.717, 1.165) is 22.6 Å². The molecule has 4 rings (SSSR count). The molecule has 132 valence electrons. The van der Waals surface area contributed by atoms with E-state index in [0.29, 0.717) is 23.7 Å². The van der Waals surface area contributed by atoms with Gasteiger partial charge in [0.15, 0.2) is 23.0 Å². The fourth-order valence-electron chi connectivity index (χ4n) is 2.67. The van der Waals surface area contributed by atoms with Gasteiger partial charge in [0, 0.05) is 23.2 Å². The summed E-state index contributed by atoms with van der Waals surface area (Å²) in [6.07, 6.45) is 0.668. The monoisotopic (exact) mass is 370 g/mol. The molecule has 0 saturated heterocycles. The summed E-state index contributed by atoms with van der Waals surface area (Å²) in [5.41, 5.74) is 2.05. The Hall–Kier alpha value is -2.99. The first-order valence-electron chi connectivity index (χ1n) is 8.08. The largest absolute Gasteiger partial charge is 0.454 e. The van der Waals surface area contributed by atoms with Gasteiger partial charge < -0.3 is 19.3 Å². The normalized spacial score (nSPS) is 12.2. The Balaban J connectivity index is 1.35. The molecule has 2 heterocycles. The first kappa shape index (κ1) is 16.5. The molecule has 6 nitrogen and oxygen atoms in total. The summed E-state index contributed by atoms with van der Waals surface area (Å²) >= 11 is 5.97. The summed E-state index contributed by atoms with van der Waals surface area (Å²) in [7, 11) is 0. The zero-order valence-corrected chi connectivity index (χ0v) is 14.5. The first-order chi connectivity index (χ1) is 12.7. The van der Waals surface area contributed by atoms with Gasteiger partial charge >= 0.3 is 0 Å². The highest BCUT2D eigenvalue weighted by Gasteiger charge is 2.15. The highest BCUT2D eigenvalue weighted by atomic mass is 35.5. The lowest BCUT2D eigenvalue weighted by atomic mass is 10.1. The number of halogens is 1. The van der Waals surface area contributed by atoms with Crippen molar-refractivity contribution in [1.82, 2.24) is 10.5 Å². The summed E-state index contributed by atoms with van der Waals surface area (Å²) in [5, 5.41) is 7.25. The molecule has 0 radical (unpaired) electrons. The minimum atomic E-state index is -0.289. The van der Waals surface area contributed by atoms with E-state index in [1.54, 1.807) is 18.2 Å². The molecule has 0 fully saturated rings. The zero-order chi connectivity index (χ0) is 17.9. The number of nitrogens with one attached hydrogen (secondary N) is 1. The van der Waals surface area contributed by atoms with E-state index in [1.807, 2.05) is 30.3 Å². The van der Waals surface area contributed by atoms with E-state index in [-0.39, 0.29) is 18.4 Å². The van der Waals surface area contributed by atoms with Gasteiger partial charge in [-0.05, 0) is 36.2 Å². The lowest BCUT2D eigenvalue weighted by molar-refractivity contribution is 0.0945. The maximum absolute atomic E-state index is 12.2.